The molecule has 1 heterocycles. The Labute approximate surface area is 172 Å². The van der Waals surface area contributed by atoms with E-state index in [-0.39, 0.29) is 24.6 Å². The Kier molecular flexibility index (Phi) is 5.83. The van der Waals surface area contributed by atoms with Gasteiger partial charge < -0.3 is 14.5 Å². The van der Waals surface area contributed by atoms with E-state index in [0.29, 0.717) is 23.2 Å². The minimum absolute atomic E-state index is 0.116. The van der Waals surface area contributed by atoms with Crippen LogP contribution in [-0.2, 0) is 16.1 Å². The maximum absolute atomic E-state index is 12.5. The van der Waals surface area contributed by atoms with E-state index in [9.17, 15) is 14.4 Å². The van der Waals surface area contributed by atoms with Crippen molar-refractivity contribution >= 4 is 28.8 Å². The molecule has 8 nitrogen and oxygen atoms in total. The summed E-state index contributed by atoms with van der Waals surface area (Å²) in [6.07, 6.45) is 2.14. The minimum atomic E-state index is -0.561. The Morgan fingerprint density at radius 1 is 1.07 bits per heavy atom. The van der Waals surface area contributed by atoms with Crippen LogP contribution in [0.4, 0.5) is 10.5 Å². The SMILES string of the molecule is O=C(Cn1c(=O)oc2ccccc21)NC1CCCC(OC(=O)Nc2ccccc2)C1. The summed E-state index contributed by atoms with van der Waals surface area (Å²) < 4.78 is 12.0. The zero-order valence-corrected chi connectivity index (χ0v) is 16.4. The predicted octanol–water partition coefficient (Wildman–Crippen LogP) is 3.27. The molecule has 0 saturated heterocycles. The van der Waals surface area contributed by atoms with Crippen molar-refractivity contribution in [1.82, 2.24) is 9.88 Å². The first-order chi connectivity index (χ1) is 14.6. The van der Waals surface area contributed by atoms with Gasteiger partial charge in [0.15, 0.2) is 5.58 Å². The Hall–Kier alpha value is -3.55. The van der Waals surface area contributed by atoms with Gasteiger partial charge in [0.05, 0.1) is 5.52 Å². The van der Waals surface area contributed by atoms with Crippen molar-refractivity contribution in [2.45, 2.75) is 44.4 Å². The monoisotopic (exact) mass is 409 g/mol. The molecule has 30 heavy (non-hydrogen) atoms. The number of anilines is 1. The third kappa shape index (κ3) is 4.71. The molecule has 3 aromatic rings. The van der Waals surface area contributed by atoms with Gasteiger partial charge in [-0.25, -0.2) is 9.59 Å². The van der Waals surface area contributed by atoms with E-state index >= 15 is 0 Å². The van der Waals surface area contributed by atoms with Crippen LogP contribution in [-0.4, -0.2) is 28.7 Å². The van der Waals surface area contributed by atoms with Crippen LogP contribution in [0.1, 0.15) is 25.7 Å². The smallest absolute Gasteiger partial charge is 0.420 e. The van der Waals surface area contributed by atoms with Gasteiger partial charge in [-0.15, -0.1) is 0 Å². The molecule has 0 spiro atoms. The minimum Gasteiger partial charge on any atom is -0.446 e. The van der Waals surface area contributed by atoms with Crippen LogP contribution in [0, 0.1) is 0 Å². The standard InChI is InChI=1S/C22H23N3O5/c26-20(14-25-18-11-4-5-12-19(18)30-22(25)28)23-16-9-6-10-17(13-16)29-21(27)24-15-7-2-1-3-8-15/h1-5,7-8,11-12,16-17H,6,9-10,13-14H2,(H,23,26)(H,24,27). The summed E-state index contributed by atoms with van der Waals surface area (Å²) in [5.41, 5.74) is 1.70. The number of oxazole rings is 1. The van der Waals surface area contributed by atoms with Gasteiger partial charge in [-0.1, -0.05) is 30.3 Å². The van der Waals surface area contributed by atoms with Gasteiger partial charge in [0.1, 0.15) is 12.6 Å². The molecular weight excluding hydrogens is 386 g/mol. The van der Waals surface area contributed by atoms with Gasteiger partial charge in [0, 0.05) is 18.2 Å². The lowest BCUT2D eigenvalue weighted by atomic mass is 9.93. The molecule has 2 atom stereocenters. The molecule has 1 aliphatic rings. The molecule has 4 rings (SSSR count). The Balaban J connectivity index is 1.31. The molecule has 2 N–H and O–H groups in total. The molecular formula is C22H23N3O5. The maximum atomic E-state index is 12.5. The number of rotatable bonds is 5. The zero-order chi connectivity index (χ0) is 20.9. The Morgan fingerprint density at radius 2 is 1.83 bits per heavy atom. The summed E-state index contributed by atoms with van der Waals surface area (Å²) in [5, 5.41) is 5.65. The number of amides is 2. The van der Waals surface area contributed by atoms with Crippen LogP contribution in [0.25, 0.3) is 11.1 Å². The van der Waals surface area contributed by atoms with E-state index in [1.807, 2.05) is 18.2 Å². The lowest BCUT2D eigenvalue weighted by Gasteiger charge is -2.29. The van der Waals surface area contributed by atoms with Gasteiger partial charge in [0.2, 0.25) is 5.91 Å². The van der Waals surface area contributed by atoms with Crippen molar-refractivity contribution in [3.63, 3.8) is 0 Å². The third-order valence-corrected chi connectivity index (χ3v) is 5.16. The molecule has 2 unspecified atom stereocenters. The number of ether oxygens (including phenoxy) is 1. The van der Waals surface area contributed by atoms with Crippen molar-refractivity contribution in [3.05, 3.63) is 65.1 Å². The highest BCUT2D eigenvalue weighted by Crippen LogP contribution is 2.22. The fourth-order valence-electron chi connectivity index (χ4n) is 3.78. The summed E-state index contributed by atoms with van der Waals surface area (Å²) in [6, 6.07) is 16.0. The highest BCUT2D eigenvalue weighted by Gasteiger charge is 2.26. The molecule has 156 valence electrons. The molecule has 1 saturated carbocycles. The van der Waals surface area contributed by atoms with Gasteiger partial charge in [0.25, 0.3) is 0 Å². The quantitative estimate of drug-likeness (QED) is 0.673. The summed E-state index contributed by atoms with van der Waals surface area (Å²) >= 11 is 0. The molecule has 0 bridgehead atoms. The van der Waals surface area contributed by atoms with E-state index in [4.69, 9.17) is 9.15 Å². The first-order valence-corrected chi connectivity index (χ1v) is 9.99. The number of nitrogens with one attached hydrogen (secondary N) is 2. The van der Waals surface area contributed by atoms with Crippen LogP contribution in [0.2, 0.25) is 0 Å². The van der Waals surface area contributed by atoms with Crippen molar-refractivity contribution < 1.29 is 18.7 Å². The van der Waals surface area contributed by atoms with Gasteiger partial charge >= 0.3 is 11.8 Å². The number of aromatic nitrogens is 1. The number of nitrogens with zero attached hydrogens (tertiary/aromatic N) is 1. The number of benzene rings is 2. The molecule has 0 aliphatic heterocycles. The van der Waals surface area contributed by atoms with Gasteiger partial charge in [-0.05, 0) is 43.5 Å². The average Bonchev–Trinajstić information content (AvgIpc) is 3.04. The molecule has 8 heteroatoms. The van der Waals surface area contributed by atoms with Crippen molar-refractivity contribution in [2.24, 2.45) is 0 Å². The fourth-order valence-corrected chi connectivity index (χ4v) is 3.78. The molecule has 1 aromatic heterocycles. The lowest BCUT2D eigenvalue weighted by Crippen LogP contribution is -2.43. The van der Waals surface area contributed by atoms with Gasteiger partial charge in [-0.2, -0.15) is 0 Å². The van der Waals surface area contributed by atoms with Crippen LogP contribution in [0.3, 0.4) is 0 Å². The molecule has 1 aliphatic carbocycles. The second kappa shape index (κ2) is 8.86. The largest absolute Gasteiger partial charge is 0.446 e. The number of carbonyl (C=O) groups is 2. The number of fused-ring (bicyclic) bond motifs is 1. The third-order valence-electron chi connectivity index (χ3n) is 5.16. The van der Waals surface area contributed by atoms with E-state index < -0.39 is 11.8 Å². The number of para-hydroxylation sites is 3. The number of hydrogen-bond acceptors (Lipinski definition) is 5. The van der Waals surface area contributed by atoms with Crippen molar-refractivity contribution in [3.8, 4) is 0 Å². The summed E-state index contributed by atoms with van der Waals surface area (Å²) in [4.78, 5) is 36.7. The van der Waals surface area contributed by atoms with Crippen LogP contribution < -0.4 is 16.4 Å². The van der Waals surface area contributed by atoms with E-state index in [1.54, 1.807) is 36.4 Å². The average molecular weight is 409 g/mol. The normalized spacial score (nSPS) is 18.7. The van der Waals surface area contributed by atoms with E-state index in [1.165, 1.54) is 4.57 Å². The van der Waals surface area contributed by atoms with Crippen LogP contribution >= 0.6 is 0 Å². The predicted molar refractivity (Wildman–Crippen MR) is 111 cm³/mol. The second-order valence-electron chi connectivity index (χ2n) is 7.37. The van der Waals surface area contributed by atoms with Crippen LogP contribution in [0.15, 0.2) is 63.8 Å². The fraction of sp³-hybridized carbons (Fsp3) is 0.318. The molecule has 0 radical (unpaired) electrons. The van der Waals surface area contributed by atoms with E-state index in [2.05, 4.69) is 10.6 Å². The molecule has 1 fully saturated rings. The number of carbonyl (C=O) groups excluding carboxylic acids is 2. The summed E-state index contributed by atoms with van der Waals surface area (Å²) in [6.45, 7) is -0.119. The van der Waals surface area contributed by atoms with E-state index in [0.717, 1.165) is 19.3 Å². The Bertz CT molecular complexity index is 1090. The lowest BCUT2D eigenvalue weighted by molar-refractivity contribution is -0.122. The highest BCUT2D eigenvalue weighted by atomic mass is 16.6. The first-order valence-electron chi connectivity index (χ1n) is 9.99. The van der Waals surface area contributed by atoms with Crippen LogP contribution in [0.5, 0.6) is 0 Å². The Morgan fingerprint density at radius 3 is 2.67 bits per heavy atom. The first kappa shape index (κ1) is 19.8. The second-order valence-corrected chi connectivity index (χ2v) is 7.37. The summed E-state index contributed by atoms with van der Waals surface area (Å²) in [7, 11) is 0. The molecule has 2 aromatic carbocycles. The molecule has 2 amide bonds. The maximum Gasteiger partial charge on any atom is 0.420 e. The van der Waals surface area contributed by atoms with Crippen molar-refractivity contribution in [2.75, 3.05) is 5.32 Å². The zero-order valence-electron chi connectivity index (χ0n) is 16.4. The highest BCUT2D eigenvalue weighted by molar-refractivity contribution is 5.84. The topological polar surface area (TPSA) is 103 Å². The van der Waals surface area contributed by atoms with Crippen molar-refractivity contribution in [1.29, 1.82) is 0 Å². The van der Waals surface area contributed by atoms with Gasteiger partial charge in [-0.3, -0.25) is 14.7 Å². The summed E-state index contributed by atoms with van der Waals surface area (Å²) in [5.74, 6) is -0.836. The number of hydrogen-bond donors (Lipinski definition) is 2.